The van der Waals surface area contributed by atoms with Gasteiger partial charge in [0.05, 0.1) is 11.1 Å². The lowest BCUT2D eigenvalue weighted by Gasteiger charge is -2.03. The lowest BCUT2D eigenvalue weighted by Crippen LogP contribution is -2.21. The van der Waals surface area contributed by atoms with Gasteiger partial charge in [0.2, 0.25) is 0 Å². The molecule has 3 N–H and O–H groups in total. The number of hydrogen-bond acceptors (Lipinski definition) is 4. The molecule has 0 radical (unpaired) electrons. The third-order valence-corrected chi connectivity index (χ3v) is 2.67. The lowest BCUT2D eigenvalue weighted by molar-refractivity contribution is -0.0510. The van der Waals surface area contributed by atoms with Crippen LogP contribution in [0.5, 0.6) is 0 Å². The van der Waals surface area contributed by atoms with E-state index in [4.69, 9.17) is 23.2 Å². The molecule has 21 heavy (non-hydrogen) atoms. The van der Waals surface area contributed by atoms with Gasteiger partial charge in [-0.15, -0.1) is 0 Å². The first kappa shape index (κ1) is 18.9. The van der Waals surface area contributed by atoms with Gasteiger partial charge in [0.25, 0.3) is 0 Å². The molecule has 0 aliphatic carbocycles. The summed E-state index contributed by atoms with van der Waals surface area (Å²) in [5, 5.41) is 17.4. The maximum Gasteiger partial charge on any atom is 0.522 e. The molecule has 0 unspecified atom stereocenters. The number of alkyl halides is 3. The van der Waals surface area contributed by atoms with Crippen LogP contribution in [0, 0.1) is 6.92 Å². The molecule has 1 rings (SSSR count). The number of carboxylic acid groups (broad SMARTS) is 2. The number of carboxylic acids is 2. The van der Waals surface area contributed by atoms with Gasteiger partial charge in [-0.25, -0.2) is 9.59 Å². The molecule has 0 spiro atoms. The van der Waals surface area contributed by atoms with Gasteiger partial charge in [0.15, 0.2) is 0 Å². The van der Waals surface area contributed by atoms with Crippen LogP contribution < -0.4 is 0 Å². The molecular weight excluding hydrogens is 321 g/mol. The molecule has 1 aromatic rings. The smallest absolute Gasteiger partial charge is 0.478 e. The van der Waals surface area contributed by atoms with Gasteiger partial charge in [-0.05, 0) is 24.6 Å². The van der Waals surface area contributed by atoms with E-state index in [0.717, 1.165) is 0 Å². The van der Waals surface area contributed by atoms with E-state index in [1.54, 1.807) is 0 Å². The van der Waals surface area contributed by atoms with Crippen molar-refractivity contribution in [2.45, 2.75) is 12.4 Å². The number of rotatable bonds is 2. The molecule has 0 aliphatic heterocycles. The summed E-state index contributed by atoms with van der Waals surface area (Å²) < 4.78 is 57.5. The third kappa shape index (κ3) is 5.39. The van der Waals surface area contributed by atoms with Crippen LogP contribution in [-0.2, 0) is 10.1 Å². The fraction of sp³-hybridized carbons (Fsp3) is 0.200. The normalized spacial score (nSPS) is 11.3. The molecule has 0 aliphatic rings. The first-order valence-corrected chi connectivity index (χ1v) is 6.33. The van der Waals surface area contributed by atoms with Crippen molar-refractivity contribution in [3.05, 3.63) is 34.9 Å². The van der Waals surface area contributed by atoms with Crippen LogP contribution in [0.4, 0.5) is 13.2 Å². The van der Waals surface area contributed by atoms with Gasteiger partial charge in [-0.3, -0.25) is 4.55 Å². The Morgan fingerprint density at radius 3 is 1.52 bits per heavy atom. The zero-order valence-corrected chi connectivity index (χ0v) is 11.1. The summed E-state index contributed by atoms with van der Waals surface area (Å²) in [4.78, 5) is 21.2. The van der Waals surface area contributed by atoms with E-state index < -0.39 is 27.6 Å². The summed E-state index contributed by atoms with van der Waals surface area (Å²) in [7, 11) is -5.84. The Hall–Kier alpha value is -2.14. The molecule has 0 amide bonds. The zero-order valence-electron chi connectivity index (χ0n) is 10.2. The van der Waals surface area contributed by atoms with Crippen molar-refractivity contribution in [1.29, 1.82) is 0 Å². The highest BCUT2D eigenvalue weighted by Gasteiger charge is 2.44. The Kier molecular flexibility index (Phi) is 5.87. The second-order valence-electron chi connectivity index (χ2n) is 3.51. The minimum Gasteiger partial charge on any atom is -0.478 e. The van der Waals surface area contributed by atoms with Crippen LogP contribution in [0.15, 0.2) is 18.2 Å². The number of halogens is 3. The van der Waals surface area contributed by atoms with Crippen LogP contribution in [0.25, 0.3) is 0 Å². The van der Waals surface area contributed by atoms with Gasteiger partial charge < -0.3 is 10.2 Å². The highest BCUT2D eigenvalue weighted by Crippen LogP contribution is 2.20. The summed E-state index contributed by atoms with van der Waals surface area (Å²) in [6, 6.07) is 4.17. The van der Waals surface area contributed by atoms with Gasteiger partial charge >= 0.3 is 27.6 Å². The summed E-state index contributed by atoms with van der Waals surface area (Å²) in [6.45, 7) is 1.48. The molecule has 0 atom stereocenters. The van der Waals surface area contributed by atoms with E-state index >= 15 is 0 Å². The van der Waals surface area contributed by atoms with Crippen molar-refractivity contribution in [2.24, 2.45) is 0 Å². The predicted octanol–water partition coefficient (Wildman–Crippen LogP) is 1.79. The van der Waals surface area contributed by atoms with Crippen molar-refractivity contribution in [3.63, 3.8) is 0 Å². The predicted molar refractivity (Wildman–Crippen MR) is 62.7 cm³/mol. The van der Waals surface area contributed by atoms with Crippen LogP contribution in [0.2, 0.25) is 0 Å². The minimum absolute atomic E-state index is 0.0277. The fourth-order valence-electron chi connectivity index (χ4n) is 1.10. The first-order valence-electron chi connectivity index (χ1n) is 4.89. The first-order chi connectivity index (χ1) is 9.29. The van der Waals surface area contributed by atoms with Crippen molar-refractivity contribution in [1.82, 2.24) is 0 Å². The SMILES string of the molecule is Cc1c(C(=O)O)cccc1C(=O)O.O=S(=O)(O)C(F)(F)F. The monoisotopic (exact) mass is 330 g/mol. The van der Waals surface area contributed by atoms with E-state index in [1.807, 2.05) is 0 Å². The number of benzene rings is 1. The van der Waals surface area contributed by atoms with Crippen LogP contribution in [0.3, 0.4) is 0 Å². The molecule has 0 heterocycles. The summed E-state index contributed by atoms with van der Waals surface area (Å²) in [5.41, 5.74) is -5.20. The zero-order chi connectivity index (χ0) is 17.0. The minimum atomic E-state index is -5.84. The maximum atomic E-state index is 10.7. The number of aromatic carboxylic acids is 2. The Bertz CT molecular complexity index is 617. The van der Waals surface area contributed by atoms with Crippen LogP contribution in [-0.4, -0.2) is 40.6 Å². The molecule has 0 saturated heterocycles. The summed E-state index contributed by atoms with van der Waals surface area (Å²) in [6.07, 6.45) is 0. The molecule has 0 aromatic heterocycles. The van der Waals surface area contributed by atoms with Crippen LogP contribution >= 0.6 is 0 Å². The van der Waals surface area contributed by atoms with Crippen molar-refractivity contribution in [2.75, 3.05) is 0 Å². The number of carbonyl (C=O) groups is 2. The van der Waals surface area contributed by atoms with Crippen LogP contribution in [0.1, 0.15) is 26.3 Å². The second kappa shape index (κ2) is 6.54. The molecule has 0 bridgehead atoms. The topological polar surface area (TPSA) is 129 Å². The largest absolute Gasteiger partial charge is 0.522 e. The van der Waals surface area contributed by atoms with Crippen molar-refractivity contribution >= 4 is 22.1 Å². The standard InChI is InChI=1S/C9H8O4.CHF3O3S/c1-5-6(8(10)11)3-2-4-7(5)9(12)13;2-1(3,4)8(5,6)7/h2-4H,1H3,(H,10,11)(H,12,13);(H,5,6,7). The molecule has 0 fully saturated rings. The molecule has 7 nitrogen and oxygen atoms in total. The van der Waals surface area contributed by atoms with E-state index in [-0.39, 0.29) is 16.7 Å². The Balaban J connectivity index is 0.000000433. The van der Waals surface area contributed by atoms with Crippen molar-refractivity contribution < 1.29 is 45.9 Å². The third-order valence-electron chi connectivity index (χ3n) is 2.09. The number of hydrogen-bond donors (Lipinski definition) is 3. The molecule has 11 heteroatoms. The van der Waals surface area contributed by atoms with Gasteiger partial charge in [0, 0.05) is 0 Å². The molecule has 118 valence electrons. The van der Waals surface area contributed by atoms with E-state index in [2.05, 4.69) is 0 Å². The Labute approximate surface area is 116 Å². The quantitative estimate of drug-likeness (QED) is 0.557. The molecular formula is C10H9F3O7S. The van der Waals surface area contributed by atoms with E-state index in [9.17, 15) is 22.8 Å². The van der Waals surface area contributed by atoms with Gasteiger partial charge in [-0.2, -0.15) is 21.6 Å². The lowest BCUT2D eigenvalue weighted by atomic mass is 10.0. The molecule has 0 saturated carbocycles. The van der Waals surface area contributed by atoms with Crippen molar-refractivity contribution in [3.8, 4) is 0 Å². The van der Waals surface area contributed by atoms with E-state index in [1.165, 1.54) is 25.1 Å². The fourth-order valence-corrected chi connectivity index (χ4v) is 1.10. The van der Waals surface area contributed by atoms with E-state index in [0.29, 0.717) is 0 Å². The average Bonchev–Trinajstić information content (AvgIpc) is 2.26. The molecule has 1 aromatic carbocycles. The Morgan fingerprint density at radius 2 is 1.33 bits per heavy atom. The second-order valence-corrected chi connectivity index (χ2v) is 4.92. The Morgan fingerprint density at radius 1 is 1.05 bits per heavy atom. The summed E-state index contributed by atoms with van der Waals surface area (Å²) >= 11 is 0. The maximum absolute atomic E-state index is 10.7. The van der Waals surface area contributed by atoms with Gasteiger partial charge in [-0.1, -0.05) is 6.07 Å². The summed E-state index contributed by atoms with van der Waals surface area (Å²) in [5.74, 6) is -2.22. The average molecular weight is 330 g/mol. The highest BCUT2D eigenvalue weighted by molar-refractivity contribution is 7.86. The highest BCUT2D eigenvalue weighted by atomic mass is 32.2. The van der Waals surface area contributed by atoms with Gasteiger partial charge in [0.1, 0.15) is 0 Å².